The van der Waals surface area contributed by atoms with Crippen LogP contribution in [0.1, 0.15) is 17.3 Å². The maximum absolute atomic E-state index is 12.5. The number of hydrogen-bond donors (Lipinski definition) is 1. The number of carbonyl (C=O) groups excluding carboxylic acids is 1. The molecule has 4 aromatic rings. The molecule has 4 aromatic carbocycles. The molecule has 0 aliphatic heterocycles. The lowest BCUT2D eigenvalue weighted by atomic mass is 10.1. The minimum absolute atomic E-state index is 0.00588. The smallest absolute Gasteiger partial charge is 0.187 e. The Balaban J connectivity index is 1.68. The van der Waals surface area contributed by atoms with Crippen LogP contribution in [0, 0.1) is 0 Å². The van der Waals surface area contributed by atoms with Crippen LogP contribution in [0.15, 0.2) is 119 Å². The molecule has 0 aliphatic carbocycles. The van der Waals surface area contributed by atoms with Gasteiger partial charge in [0.2, 0.25) is 0 Å². The monoisotopic (exact) mass is 395 g/mol. The molecule has 0 atom stereocenters. The van der Waals surface area contributed by atoms with Crippen LogP contribution in [0.3, 0.4) is 0 Å². The Hall–Kier alpha value is -3.30. The molecule has 0 radical (unpaired) electrons. The number of fused-ring (bicyclic) bond motifs is 1. The van der Waals surface area contributed by atoms with Crippen molar-refractivity contribution < 1.29 is 4.79 Å². The lowest BCUT2D eigenvalue weighted by molar-refractivity contribution is 0.104. The average molecular weight is 396 g/mol. The van der Waals surface area contributed by atoms with Crippen molar-refractivity contribution in [2.24, 2.45) is 0 Å². The van der Waals surface area contributed by atoms with Gasteiger partial charge in [-0.1, -0.05) is 90.6 Å². The van der Waals surface area contributed by atoms with Gasteiger partial charge in [0.15, 0.2) is 5.78 Å². The minimum Gasteiger partial charge on any atom is -0.358 e. The first kappa shape index (κ1) is 19.0. The second-order valence-corrected chi connectivity index (χ2v) is 7.84. The number of carbonyl (C=O) groups is 1. The third-order valence-electron chi connectivity index (χ3n) is 4.58. The van der Waals surface area contributed by atoms with Crippen molar-refractivity contribution in [1.29, 1.82) is 0 Å². The lowest BCUT2D eigenvalue weighted by Crippen LogP contribution is -2.02. The van der Waals surface area contributed by atoms with Gasteiger partial charge in [-0.05, 0) is 35.9 Å². The number of allylic oxidation sites excluding steroid dienone is 2. The van der Waals surface area contributed by atoms with Gasteiger partial charge in [-0.15, -0.1) is 0 Å². The molecule has 0 amide bonds. The quantitative estimate of drug-likeness (QED) is 0.277. The van der Waals surface area contributed by atoms with Crippen molar-refractivity contribution in [2.45, 2.75) is 16.7 Å². The van der Waals surface area contributed by atoms with E-state index in [0.717, 1.165) is 16.3 Å². The van der Waals surface area contributed by atoms with Crippen molar-refractivity contribution in [3.63, 3.8) is 0 Å². The first-order chi connectivity index (χ1) is 14.2. The number of rotatable bonds is 6. The number of ketones is 1. The van der Waals surface area contributed by atoms with Crippen molar-refractivity contribution in [1.82, 2.24) is 0 Å². The molecule has 142 valence electrons. The number of nitrogens with one attached hydrogen (secondary N) is 1. The van der Waals surface area contributed by atoms with E-state index in [1.54, 1.807) is 17.8 Å². The molecule has 29 heavy (non-hydrogen) atoms. The zero-order valence-corrected chi connectivity index (χ0v) is 16.9. The van der Waals surface area contributed by atoms with Gasteiger partial charge in [0.1, 0.15) is 0 Å². The van der Waals surface area contributed by atoms with Crippen molar-refractivity contribution in [3.05, 3.63) is 114 Å². The van der Waals surface area contributed by atoms with E-state index in [0.29, 0.717) is 5.56 Å². The summed E-state index contributed by atoms with van der Waals surface area (Å²) in [5.74, 6) is -0.00588. The largest absolute Gasteiger partial charge is 0.358 e. The third kappa shape index (κ3) is 4.58. The van der Waals surface area contributed by atoms with Crippen LogP contribution in [0.4, 0.5) is 5.69 Å². The average Bonchev–Trinajstić information content (AvgIpc) is 2.76. The Morgan fingerprint density at radius 2 is 1.45 bits per heavy atom. The van der Waals surface area contributed by atoms with E-state index in [-0.39, 0.29) is 5.78 Å². The molecule has 0 saturated carbocycles. The molecule has 0 heterocycles. The minimum atomic E-state index is -0.00588. The molecule has 3 heteroatoms. The normalized spacial score (nSPS) is 11.4. The van der Waals surface area contributed by atoms with Crippen LogP contribution in [-0.4, -0.2) is 5.78 Å². The van der Waals surface area contributed by atoms with Crippen LogP contribution < -0.4 is 5.32 Å². The molecular formula is C26H21NOS. The van der Waals surface area contributed by atoms with E-state index in [1.807, 2.05) is 55.5 Å². The molecule has 2 nitrogen and oxygen atoms in total. The summed E-state index contributed by atoms with van der Waals surface area (Å²) in [6.07, 6.45) is 1.65. The van der Waals surface area contributed by atoms with Crippen LogP contribution in [0.25, 0.3) is 10.8 Å². The van der Waals surface area contributed by atoms with Crippen molar-refractivity contribution in [3.8, 4) is 0 Å². The van der Waals surface area contributed by atoms with E-state index in [9.17, 15) is 4.79 Å². The first-order valence-electron chi connectivity index (χ1n) is 9.50. The van der Waals surface area contributed by atoms with E-state index < -0.39 is 0 Å². The first-order valence-corrected chi connectivity index (χ1v) is 10.3. The SMILES string of the molecule is C/C(=C/C(=O)c1ccccc1)Nc1ccc2ccccc2c1Sc1ccccc1. The summed E-state index contributed by atoms with van der Waals surface area (Å²) in [4.78, 5) is 14.8. The van der Waals surface area contributed by atoms with E-state index in [1.165, 1.54) is 15.7 Å². The summed E-state index contributed by atoms with van der Waals surface area (Å²) < 4.78 is 0. The second-order valence-electron chi connectivity index (χ2n) is 6.76. The standard InChI is InChI=1S/C26H21NOS/c1-19(18-25(28)21-11-4-2-5-12-21)27-24-17-16-20-10-8-9-15-23(20)26(24)29-22-13-6-3-7-14-22/h2-18,27H,1H3/b19-18-. The van der Waals surface area contributed by atoms with Gasteiger partial charge in [0, 0.05) is 27.1 Å². The molecule has 1 N–H and O–H groups in total. The van der Waals surface area contributed by atoms with Crippen LogP contribution in [-0.2, 0) is 0 Å². The van der Waals surface area contributed by atoms with E-state index >= 15 is 0 Å². The Morgan fingerprint density at radius 1 is 0.793 bits per heavy atom. The maximum atomic E-state index is 12.5. The topological polar surface area (TPSA) is 29.1 Å². The van der Waals surface area contributed by atoms with Gasteiger partial charge in [-0.3, -0.25) is 4.79 Å². The summed E-state index contributed by atoms with van der Waals surface area (Å²) in [6, 6.07) is 32.2. The molecule has 4 rings (SSSR count). The number of hydrogen-bond acceptors (Lipinski definition) is 3. The maximum Gasteiger partial charge on any atom is 0.187 e. The Bertz CT molecular complexity index is 1170. The highest BCUT2D eigenvalue weighted by Gasteiger charge is 2.11. The van der Waals surface area contributed by atoms with Gasteiger partial charge in [0.05, 0.1) is 5.69 Å². The van der Waals surface area contributed by atoms with Gasteiger partial charge >= 0.3 is 0 Å². The third-order valence-corrected chi connectivity index (χ3v) is 5.73. The van der Waals surface area contributed by atoms with E-state index in [2.05, 4.69) is 53.8 Å². The van der Waals surface area contributed by atoms with Gasteiger partial charge in [0.25, 0.3) is 0 Å². The Morgan fingerprint density at radius 3 is 2.21 bits per heavy atom. The van der Waals surface area contributed by atoms with Gasteiger partial charge in [-0.2, -0.15) is 0 Å². The van der Waals surface area contributed by atoms with Crippen molar-refractivity contribution in [2.75, 3.05) is 5.32 Å². The van der Waals surface area contributed by atoms with Crippen LogP contribution in [0.5, 0.6) is 0 Å². The molecule has 0 bridgehead atoms. The van der Waals surface area contributed by atoms with Crippen LogP contribution >= 0.6 is 11.8 Å². The van der Waals surface area contributed by atoms with E-state index in [4.69, 9.17) is 0 Å². The van der Waals surface area contributed by atoms with Gasteiger partial charge < -0.3 is 5.32 Å². The fourth-order valence-electron chi connectivity index (χ4n) is 3.19. The predicted molar refractivity (Wildman–Crippen MR) is 123 cm³/mol. The Kier molecular flexibility index (Phi) is 5.78. The molecular weight excluding hydrogens is 374 g/mol. The fourth-order valence-corrected chi connectivity index (χ4v) is 4.24. The molecule has 0 spiro atoms. The van der Waals surface area contributed by atoms with Gasteiger partial charge in [-0.25, -0.2) is 0 Å². The van der Waals surface area contributed by atoms with Crippen LogP contribution in [0.2, 0.25) is 0 Å². The highest BCUT2D eigenvalue weighted by Crippen LogP contribution is 2.39. The molecule has 0 unspecified atom stereocenters. The summed E-state index contributed by atoms with van der Waals surface area (Å²) >= 11 is 1.73. The molecule has 0 aromatic heterocycles. The zero-order chi connectivity index (χ0) is 20.1. The summed E-state index contributed by atoms with van der Waals surface area (Å²) in [7, 11) is 0. The molecule has 0 fully saturated rings. The fraction of sp³-hybridized carbons (Fsp3) is 0.0385. The highest BCUT2D eigenvalue weighted by atomic mass is 32.2. The zero-order valence-electron chi connectivity index (χ0n) is 16.1. The number of benzene rings is 4. The number of anilines is 1. The highest BCUT2D eigenvalue weighted by molar-refractivity contribution is 7.99. The summed E-state index contributed by atoms with van der Waals surface area (Å²) in [6.45, 7) is 1.92. The summed E-state index contributed by atoms with van der Waals surface area (Å²) in [5, 5.41) is 5.82. The Labute approximate surface area is 175 Å². The second kappa shape index (κ2) is 8.80. The van der Waals surface area contributed by atoms with Crippen molar-refractivity contribution >= 4 is 34.0 Å². The summed E-state index contributed by atoms with van der Waals surface area (Å²) in [5.41, 5.74) is 2.49. The molecule has 0 aliphatic rings. The molecule has 0 saturated heterocycles. The predicted octanol–water partition coefficient (Wildman–Crippen LogP) is 7.19. The lowest BCUT2D eigenvalue weighted by Gasteiger charge is -2.15.